The predicted octanol–water partition coefficient (Wildman–Crippen LogP) is 3.68. The lowest BCUT2D eigenvalue weighted by Gasteiger charge is -2.23. The fourth-order valence-electron chi connectivity index (χ4n) is 5.17. The maximum atomic E-state index is 10.7. The Morgan fingerprint density at radius 2 is 1.72 bits per heavy atom. The molecule has 4 atom stereocenters. The van der Waals surface area contributed by atoms with Gasteiger partial charge < -0.3 is 26.0 Å². The van der Waals surface area contributed by atoms with Crippen LogP contribution in [-0.4, -0.2) is 55.1 Å². The first-order valence-corrected chi connectivity index (χ1v) is 13.1. The van der Waals surface area contributed by atoms with Crippen LogP contribution in [0.25, 0.3) is 20.8 Å². The third-order valence-corrected chi connectivity index (χ3v) is 8.44. The van der Waals surface area contributed by atoms with Gasteiger partial charge in [0, 0.05) is 12.5 Å². The van der Waals surface area contributed by atoms with Gasteiger partial charge in [0.1, 0.15) is 16.9 Å². The Morgan fingerprint density at radius 3 is 2.42 bits per heavy atom. The molecule has 2 aromatic heterocycles. The van der Waals surface area contributed by atoms with Crippen molar-refractivity contribution in [3.05, 3.63) is 65.9 Å². The fraction of sp³-hybridized carbons (Fsp3) is 0.370. The molecular weight excluding hydrogens is 474 g/mol. The number of aliphatic hydroxyl groups is 3. The first-order valence-electron chi connectivity index (χ1n) is 12.3. The average molecular weight is 504 g/mol. The summed E-state index contributed by atoms with van der Waals surface area (Å²) in [4.78, 5) is 14.5. The lowest BCUT2D eigenvalue weighted by molar-refractivity contribution is 0.00446. The van der Waals surface area contributed by atoms with E-state index in [1.807, 2.05) is 49.4 Å². The zero-order valence-electron chi connectivity index (χ0n) is 19.9. The largest absolute Gasteiger partial charge is 0.396 e. The van der Waals surface area contributed by atoms with Crippen LogP contribution >= 0.6 is 11.3 Å². The minimum Gasteiger partial charge on any atom is -0.396 e. The van der Waals surface area contributed by atoms with Gasteiger partial charge in [0.05, 0.1) is 39.2 Å². The van der Waals surface area contributed by atoms with Crippen LogP contribution in [0.3, 0.4) is 0 Å². The van der Waals surface area contributed by atoms with Gasteiger partial charge in [0.25, 0.3) is 0 Å². The number of aromatic nitrogens is 3. The van der Waals surface area contributed by atoms with E-state index in [2.05, 4.69) is 22.8 Å². The molecule has 0 bridgehead atoms. The molecule has 4 aromatic rings. The van der Waals surface area contributed by atoms with Gasteiger partial charge in [-0.15, -0.1) is 11.3 Å². The normalized spacial score (nSPS) is 24.7. The van der Waals surface area contributed by atoms with Crippen molar-refractivity contribution in [1.29, 1.82) is 0 Å². The third kappa shape index (κ3) is 4.12. The van der Waals surface area contributed by atoms with Crippen molar-refractivity contribution in [2.45, 2.75) is 50.0 Å². The Hall–Kier alpha value is -3.11. The van der Waals surface area contributed by atoms with Crippen LogP contribution < -0.4 is 10.6 Å². The number of anilines is 2. The Kier molecular flexibility index (Phi) is 5.88. The number of nitrogens with one attached hydrogen (secondary N) is 2. The van der Waals surface area contributed by atoms with Crippen molar-refractivity contribution < 1.29 is 15.3 Å². The van der Waals surface area contributed by atoms with Crippen molar-refractivity contribution in [2.75, 3.05) is 17.2 Å². The number of hydrogen-bond acceptors (Lipinski definition) is 9. The van der Waals surface area contributed by atoms with E-state index in [0.29, 0.717) is 18.2 Å². The highest BCUT2D eigenvalue weighted by Crippen LogP contribution is 2.48. The number of fused-ring (bicyclic) bond motifs is 1. The molecule has 8 nitrogen and oxygen atoms in total. The molecule has 6 rings (SSSR count). The van der Waals surface area contributed by atoms with Gasteiger partial charge in [0.2, 0.25) is 5.95 Å². The summed E-state index contributed by atoms with van der Waals surface area (Å²) in [6.07, 6.45) is 0.404. The van der Waals surface area contributed by atoms with Gasteiger partial charge in [-0.2, -0.15) is 4.98 Å². The molecule has 0 unspecified atom stereocenters. The highest BCUT2D eigenvalue weighted by atomic mass is 32.1. The highest BCUT2D eigenvalue weighted by Gasteiger charge is 2.45. The van der Waals surface area contributed by atoms with Crippen LogP contribution in [-0.2, 0) is 5.54 Å². The van der Waals surface area contributed by atoms with Crippen LogP contribution in [0.5, 0.6) is 0 Å². The molecule has 2 saturated carbocycles. The molecule has 2 aliphatic carbocycles. The minimum atomic E-state index is -1.02. The molecule has 186 valence electrons. The van der Waals surface area contributed by atoms with Crippen molar-refractivity contribution in [2.24, 2.45) is 5.92 Å². The third-order valence-electron chi connectivity index (χ3n) is 7.38. The Morgan fingerprint density at radius 1 is 0.972 bits per heavy atom. The number of hydrogen-bond donors (Lipinski definition) is 5. The monoisotopic (exact) mass is 503 g/mol. The van der Waals surface area contributed by atoms with E-state index in [4.69, 9.17) is 15.0 Å². The smallest absolute Gasteiger partial charge is 0.225 e. The molecule has 9 heteroatoms. The van der Waals surface area contributed by atoms with E-state index in [1.54, 1.807) is 11.3 Å². The molecule has 2 fully saturated rings. The summed E-state index contributed by atoms with van der Waals surface area (Å²) in [5.41, 5.74) is 3.47. The maximum absolute atomic E-state index is 10.7. The van der Waals surface area contributed by atoms with E-state index < -0.39 is 24.2 Å². The van der Waals surface area contributed by atoms with Crippen molar-refractivity contribution >= 4 is 33.3 Å². The maximum Gasteiger partial charge on any atom is 0.225 e. The second-order valence-electron chi connectivity index (χ2n) is 9.83. The van der Waals surface area contributed by atoms with Gasteiger partial charge in [-0.1, -0.05) is 42.5 Å². The van der Waals surface area contributed by atoms with E-state index in [1.165, 1.54) is 5.56 Å². The molecule has 0 radical (unpaired) electrons. The number of para-hydroxylation sites is 1. The second-order valence-corrected chi connectivity index (χ2v) is 10.9. The predicted molar refractivity (Wildman–Crippen MR) is 141 cm³/mol. The van der Waals surface area contributed by atoms with Crippen molar-refractivity contribution in [3.63, 3.8) is 0 Å². The summed E-state index contributed by atoms with van der Waals surface area (Å²) in [6.45, 7) is 1.76. The molecule has 5 N–H and O–H groups in total. The molecular formula is C27H29N5O3S. The molecule has 0 spiro atoms. The number of thiazole rings is 1. The van der Waals surface area contributed by atoms with Gasteiger partial charge in [-0.3, -0.25) is 0 Å². The molecule has 2 aliphatic rings. The minimum absolute atomic E-state index is 0.184. The molecule has 0 saturated heterocycles. The van der Waals surface area contributed by atoms with E-state index in [9.17, 15) is 15.3 Å². The molecule has 0 amide bonds. The van der Waals surface area contributed by atoms with E-state index in [0.717, 1.165) is 39.3 Å². The van der Waals surface area contributed by atoms with E-state index in [-0.39, 0.29) is 12.1 Å². The van der Waals surface area contributed by atoms with E-state index >= 15 is 0 Å². The highest BCUT2D eigenvalue weighted by molar-refractivity contribution is 7.21. The first kappa shape index (κ1) is 23.3. The van der Waals surface area contributed by atoms with Crippen LogP contribution in [0.4, 0.5) is 11.8 Å². The van der Waals surface area contributed by atoms with Gasteiger partial charge in [0.15, 0.2) is 0 Å². The standard InChI is InChI=1S/C27H29N5O3S/c1-15-21(25-30-18-9-5-6-10-20(18)36-25)24(29-19-13-16(14-33)22(34)23(19)35)31-26(28-15)32-27(11-12-27)17-7-3-2-4-8-17/h2-10,16,19,22-23,33-35H,11-14H2,1H3,(H2,28,29,31,32)/t16-,19-,22-,23+/m1/s1. The van der Waals surface area contributed by atoms with Crippen LogP contribution in [0, 0.1) is 12.8 Å². The Balaban J connectivity index is 1.40. The molecule has 2 aromatic carbocycles. The van der Waals surface area contributed by atoms with Crippen LogP contribution in [0.1, 0.15) is 30.5 Å². The summed E-state index contributed by atoms with van der Waals surface area (Å²) < 4.78 is 1.07. The Labute approximate surface area is 213 Å². The number of aliphatic hydroxyl groups excluding tert-OH is 3. The number of benzene rings is 2. The quantitative estimate of drug-likeness (QED) is 0.259. The first-order chi connectivity index (χ1) is 17.5. The van der Waals surface area contributed by atoms with Crippen LogP contribution in [0.15, 0.2) is 54.6 Å². The number of aryl methyl sites for hydroxylation is 1. The topological polar surface area (TPSA) is 123 Å². The Bertz CT molecular complexity index is 1360. The van der Waals surface area contributed by atoms with Crippen LogP contribution in [0.2, 0.25) is 0 Å². The summed E-state index contributed by atoms with van der Waals surface area (Å²) in [5.74, 6) is 0.674. The average Bonchev–Trinajstić information content (AvgIpc) is 3.46. The SMILES string of the molecule is Cc1nc(NC2(c3ccccc3)CC2)nc(N[C@@H]2C[C@H](CO)[C@@H](O)[C@H]2O)c1-c1nc2ccccc2s1. The van der Waals surface area contributed by atoms with Gasteiger partial charge >= 0.3 is 0 Å². The van der Waals surface area contributed by atoms with Gasteiger partial charge in [-0.05, 0) is 43.9 Å². The molecule has 36 heavy (non-hydrogen) atoms. The summed E-state index contributed by atoms with van der Waals surface area (Å²) in [6, 6.07) is 17.8. The van der Waals surface area contributed by atoms with Gasteiger partial charge in [-0.25, -0.2) is 9.97 Å². The zero-order chi connectivity index (χ0) is 24.9. The molecule has 2 heterocycles. The number of rotatable bonds is 7. The fourth-order valence-corrected chi connectivity index (χ4v) is 6.24. The summed E-state index contributed by atoms with van der Waals surface area (Å²) in [5, 5.41) is 38.4. The summed E-state index contributed by atoms with van der Waals surface area (Å²) in [7, 11) is 0. The lowest BCUT2D eigenvalue weighted by Crippen LogP contribution is -2.36. The zero-order valence-corrected chi connectivity index (χ0v) is 20.7. The second kappa shape index (κ2) is 9.08. The van der Waals surface area contributed by atoms with Crippen molar-refractivity contribution in [1.82, 2.24) is 15.0 Å². The number of nitrogens with zero attached hydrogens (tertiary/aromatic N) is 3. The lowest BCUT2D eigenvalue weighted by atomic mass is 10.1. The summed E-state index contributed by atoms with van der Waals surface area (Å²) >= 11 is 1.57. The molecule has 0 aliphatic heterocycles. The van der Waals surface area contributed by atoms with Crippen molar-refractivity contribution in [3.8, 4) is 10.6 Å².